The van der Waals surface area contributed by atoms with Crippen LogP contribution in [-0.2, 0) is 0 Å². The number of fused-ring (bicyclic) bond motifs is 1. The predicted molar refractivity (Wildman–Crippen MR) is 82.9 cm³/mol. The van der Waals surface area contributed by atoms with Gasteiger partial charge in [-0.2, -0.15) is 0 Å². The standard InChI is InChI=1S/C15H20N4S/c1-18-9-3-6-12(18)15-17-11-5-2-8-16-14(11)19(15)13-7-4-10-20-13/h2,5,8,12-13H,3-4,6-7,9-10H2,1H3. The summed E-state index contributed by atoms with van der Waals surface area (Å²) in [4.78, 5) is 12.0. The van der Waals surface area contributed by atoms with E-state index in [-0.39, 0.29) is 0 Å². The fourth-order valence-electron chi connectivity index (χ4n) is 3.47. The van der Waals surface area contributed by atoms with Gasteiger partial charge in [-0.25, -0.2) is 9.97 Å². The SMILES string of the molecule is CN1CCCC1c1nc2cccnc2n1C1CCCS1. The largest absolute Gasteiger partial charge is 0.299 e. The van der Waals surface area contributed by atoms with Crippen molar-refractivity contribution in [3.8, 4) is 0 Å². The van der Waals surface area contributed by atoms with Gasteiger partial charge in [-0.15, -0.1) is 11.8 Å². The molecule has 2 unspecified atom stereocenters. The van der Waals surface area contributed by atoms with Crippen LogP contribution in [0.1, 0.15) is 42.9 Å². The first-order chi connectivity index (χ1) is 9.84. The van der Waals surface area contributed by atoms with Gasteiger partial charge in [-0.1, -0.05) is 0 Å². The molecule has 2 aromatic heterocycles. The van der Waals surface area contributed by atoms with Gasteiger partial charge in [-0.3, -0.25) is 9.47 Å². The molecule has 4 heterocycles. The number of hydrogen-bond donors (Lipinski definition) is 0. The Morgan fingerprint density at radius 2 is 2.25 bits per heavy atom. The number of aromatic nitrogens is 3. The Kier molecular flexibility index (Phi) is 3.19. The van der Waals surface area contributed by atoms with E-state index in [4.69, 9.17) is 4.98 Å². The van der Waals surface area contributed by atoms with Crippen LogP contribution in [0.3, 0.4) is 0 Å². The van der Waals surface area contributed by atoms with Crippen molar-refractivity contribution in [1.29, 1.82) is 0 Å². The Balaban J connectivity index is 1.87. The maximum Gasteiger partial charge on any atom is 0.161 e. The van der Waals surface area contributed by atoms with E-state index in [0.717, 1.165) is 11.2 Å². The van der Waals surface area contributed by atoms with Crippen LogP contribution in [-0.4, -0.2) is 38.8 Å². The molecule has 4 rings (SSSR count). The highest BCUT2D eigenvalue weighted by atomic mass is 32.2. The lowest BCUT2D eigenvalue weighted by Gasteiger charge is -2.22. The molecule has 5 heteroatoms. The van der Waals surface area contributed by atoms with Crippen molar-refractivity contribution in [1.82, 2.24) is 19.4 Å². The third kappa shape index (κ3) is 1.95. The van der Waals surface area contributed by atoms with Gasteiger partial charge in [0.05, 0.1) is 11.4 Å². The first kappa shape index (κ1) is 12.7. The van der Waals surface area contributed by atoms with Gasteiger partial charge in [-0.05, 0) is 57.2 Å². The van der Waals surface area contributed by atoms with Crippen molar-refractivity contribution >= 4 is 22.9 Å². The monoisotopic (exact) mass is 288 g/mol. The summed E-state index contributed by atoms with van der Waals surface area (Å²) in [5, 5.41) is 0.527. The van der Waals surface area contributed by atoms with Gasteiger partial charge in [0.2, 0.25) is 0 Å². The van der Waals surface area contributed by atoms with Gasteiger partial charge in [0.1, 0.15) is 11.3 Å². The second kappa shape index (κ2) is 5.04. The van der Waals surface area contributed by atoms with Crippen LogP contribution >= 0.6 is 11.8 Å². The number of hydrogen-bond acceptors (Lipinski definition) is 4. The second-order valence-electron chi connectivity index (χ2n) is 5.79. The van der Waals surface area contributed by atoms with Crippen LogP contribution in [0.5, 0.6) is 0 Å². The number of thioether (sulfide) groups is 1. The van der Waals surface area contributed by atoms with E-state index in [0.29, 0.717) is 11.4 Å². The minimum Gasteiger partial charge on any atom is -0.299 e. The molecule has 2 aliphatic rings. The minimum atomic E-state index is 0.463. The molecule has 0 spiro atoms. The van der Waals surface area contributed by atoms with Gasteiger partial charge in [0.25, 0.3) is 0 Å². The number of pyridine rings is 1. The Labute approximate surface area is 123 Å². The maximum atomic E-state index is 4.94. The number of nitrogens with zero attached hydrogens (tertiary/aromatic N) is 4. The fourth-order valence-corrected chi connectivity index (χ4v) is 4.76. The quantitative estimate of drug-likeness (QED) is 0.849. The Morgan fingerprint density at radius 3 is 3.00 bits per heavy atom. The zero-order valence-corrected chi connectivity index (χ0v) is 12.6. The van der Waals surface area contributed by atoms with Crippen molar-refractivity contribution in [2.45, 2.75) is 37.1 Å². The van der Waals surface area contributed by atoms with Crippen LogP contribution in [0, 0.1) is 0 Å². The molecule has 0 saturated carbocycles. The summed E-state index contributed by atoms with van der Waals surface area (Å²) >= 11 is 2.05. The molecular weight excluding hydrogens is 268 g/mol. The summed E-state index contributed by atoms with van der Waals surface area (Å²) in [6.45, 7) is 1.18. The third-order valence-electron chi connectivity index (χ3n) is 4.49. The Bertz CT molecular complexity index is 617. The molecule has 2 atom stereocenters. The molecule has 0 bridgehead atoms. The van der Waals surface area contributed by atoms with E-state index >= 15 is 0 Å². The minimum absolute atomic E-state index is 0.463. The van der Waals surface area contributed by atoms with E-state index in [1.54, 1.807) is 0 Å². The highest BCUT2D eigenvalue weighted by Crippen LogP contribution is 2.41. The molecule has 20 heavy (non-hydrogen) atoms. The average Bonchev–Trinajstić information content (AvgIpc) is 3.15. The van der Waals surface area contributed by atoms with Crippen molar-refractivity contribution in [2.75, 3.05) is 19.3 Å². The first-order valence-corrected chi connectivity index (χ1v) is 8.54. The van der Waals surface area contributed by atoms with E-state index in [1.165, 1.54) is 43.8 Å². The summed E-state index contributed by atoms with van der Waals surface area (Å²) in [5.41, 5.74) is 2.12. The lowest BCUT2D eigenvalue weighted by Crippen LogP contribution is -2.22. The topological polar surface area (TPSA) is 34.0 Å². The van der Waals surface area contributed by atoms with Gasteiger partial charge >= 0.3 is 0 Å². The maximum absolute atomic E-state index is 4.94. The third-order valence-corrected chi connectivity index (χ3v) is 5.84. The molecule has 0 aromatic carbocycles. The van der Waals surface area contributed by atoms with Crippen molar-refractivity contribution < 1.29 is 0 Å². The van der Waals surface area contributed by atoms with Gasteiger partial charge in [0, 0.05) is 6.20 Å². The number of imidazole rings is 1. The number of rotatable bonds is 2. The molecule has 0 amide bonds. The summed E-state index contributed by atoms with van der Waals surface area (Å²) in [6.07, 6.45) is 6.94. The zero-order chi connectivity index (χ0) is 13.5. The summed E-state index contributed by atoms with van der Waals surface area (Å²) in [7, 11) is 2.22. The summed E-state index contributed by atoms with van der Waals surface area (Å²) in [6, 6.07) is 4.55. The van der Waals surface area contributed by atoms with Crippen LogP contribution < -0.4 is 0 Å². The Hall–Kier alpha value is -1.07. The second-order valence-corrected chi connectivity index (χ2v) is 7.08. The molecular formula is C15H20N4S. The molecule has 106 valence electrons. The number of likely N-dealkylation sites (tertiary alicyclic amines) is 1. The summed E-state index contributed by atoms with van der Waals surface area (Å²) in [5.74, 6) is 2.50. The Morgan fingerprint density at radius 1 is 1.30 bits per heavy atom. The van der Waals surface area contributed by atoms with Crippen LogP contribution in [0.25, 0.3) is 11.2 Å². The van der Waals surface area contributed by atoms with E-state index in [1.807, 2.05) is 12.3 Å². The fraction of sp³-hybridized carbons (Fsp3) is 0.600. The van der Waals surface area contributed by atoms with E-state index in [9.17, 15) is 0 Å². The van der Waals surface area contributed by atoms with Crippen molar-refractivity contribution in [2.24, 2.45) is 0 Å². The summed E-state index contributed by atoms with van der Waals surface area (Å²) < 4.78 is 2.43. The van der Waals surface area contributed by atoms with Crippen LogP contribution in [0.4, 0.5) is 0 Å². The lowest BCUT2D eigenvalue weighted by atomic mass is 10.2. The molecule has 0 N–H and O–H groups in total. The van der Waals surface area contributed by atoms with Crippen molar-refractivity contribution in [3.63, 3.8) is 0 Å². The molecule has 2 aromatic rings. The highest BCUT2D eigenvalue weighted by molar-refractivity contribution is 7.99. The van der Waals surface area contributed by atoms with E-state index in [2.05, 4.69) is 39.3 Å². The average molecular weight is 288 g/mol. The molecule has 0 radical (unpaired) electrons. The predicted octanol–water partition coefficient (Wildman–Crippen LogP) is 3.22. The molecule has 4 nitrogen and oxygen atoms in total. The molecule has 0 aliphatic carbocycles. The zero-order valence-electron chi connectivity index (χ0n) is 11.8. The van der Waals surface area contributed by atoms with Gasteiger partial charge in [0.15, 0.2) is 5.65 Å². The smallest absolute Gasteiger partial charge is 0.161 e. The van der Waals surface area contributed by atoms with Crippen LogP contribution in [0.2, 0.25) is 0 Å². The van der Waals surface area contributed by atoms with Crippen LogP contribution in [0.15, 0.2) is 18.3 Å². The van der Waals surface area contributed by atoms with Gasteiger partial charge < -0.3 is 0 Å². The molecule has 2 fully saturated rings. The first-order valence-electron chi connectivity index (χ1n) is 7.49. The molecule has 2 saturated heterocycles. The van der Waals surface area contributed by atoms with E-state index < -0.39 is 0 Å². The molecule has 2 aliphatic heterocycles. The highest BCUT2D eigenvalue weighted by Gasteiger charge is 2.31. The normalized spacial score (nSPS) is 27.6. The van der Waals surface area contributed by atoms with Crippen molar-refractivity contribution in [3.05, 3.63) is 24.2 Å². The lowest BCUT2D eigenvalue weighted by molar-refractivity contribution is 0.298.